The Morgan fingerprint density at radius 3 is 3.07 bits per heavy atom. The molecule has 1 rings (SSSR count). The maximum Gasteiger partial charge on any atom is 0.404 e. The van der Waals surface area contributed by atoms with Crippen molar-refractivity contribution >= 4 is 17.9 Å². The second-order valence-electron chi connectivity index (χ2n) is 2.64. The molecule has 1 heterocycles. The van der Waals surface area contributed by atoms with E-state index in [2.05, 4.69) is 10.3 Å². The molecule has 0 aliphatic carbocycles. The average Bonchev–Trinajstić information content (AvgIpc) is 2.12. The number of rotatable bonds is 3. The Labute approximate surface area is 81.3 Å². The Hall–Kier alpha value is -2.04. The summed E-state index contributed by atoms with van der Waals surface area (Å²) in [5, 5.41) is 10.5. The molecule has 14 heavy (non-hydrogen) atoms. The topological polar surface area (TPSA) is 88.2 Å². The largest absolute Gasteiger partial charge is 0.465 e. The number of aromatic nitrogens is 1. The third-order valence-electron chi connectivity index (χ3n) is 1.46. The van der Waals surface area contributed by atoms with Crippen LogP contribution in [-0.2, 0) is 0 Å². The fourth-order valence-corrected chi connectivity index (χ4v) is 0.909. The van der Waals surface area contributed by atoms with Gasteiger partial charge in [0.1, 0.15) is 0 Å². The molecule has 0 radical (unpaired) electrons. The summed E-state index contributed by atoms with van der Waals surface area (Å²) in [6.07, 6.45) is 5.59. The summed E-state index contributed by atoms with van der Waals surface area (Å²) in [6, 6.07) is 1.75. The molecule has 1 amide bonds. The number of hydrogen-bond donors (Lipinski definition) is 3. The average molecular weight is 193 g/mol. The zero-order chi connectivity index (χ0) is 10.4. The lowest BCUT2D eigenvalue weighted by atomic mass is 10.2. The van der Waals surface area contributed by atoms with Gasteiger partial charge in [-0.25, -0.2) is 4.79 Å². The third kappa shape index (κ3) is 3.57. The summed E-state index contributed by atoms with van der Waals surface area (Å²) < 4.78 is 0. The van der Waals surface area contributed by atoms with Crippen molar-refractivity contribution in [2.75, 3.05) is 12.3 Å². The lowest BCUT2D eigenvalue weighted by molar-refractivity contribution is 0.195. The monoisotopic (exact) mass is 193 g/mol. The second kappa shape index (κ2) is 4.86. The number of carbonyl (C=O) groups is 1. The predicted octanol–water partition coefficient (Wildman–Crippen LogP) is 0.945. The fourth-order valence-electron chi connectivity index (χ4n) is 0.909. The maximum atomic E-state index is 10.1. The first kappa shape index (κ1) is 10.0. The van der Waals surface area contributed by atoms with E-state index < -0.39 is 6.09 Å². The molecule has 0 aliphatic heterocycles. The number of nitrogen functional groups attached to an aromatic ring is 1. The Morgan fingerprint density at radius 2 is 2.43 bits per heavy atom. The number of nitrogens with zero attached hydrogens (tertiary/aromatic N) is 1. The van der Waals surface area contributed by atoms with Crippen LogP contribution < -0.4 is 11.1 Å². The van der Waals surface area contributed by atoms with Gasteiger partial charge < -0.3 is 16.2 Å². The van der Waals surface area contributed by atoms with Crippen molar-refractivity contribution in [1.29, 1.82) is 0 Å². The number of pyridine rings is 1. The number of nitrogens with two attached hydrogens (primary N) is 1. The van der Waals surface area contributed by atoms with Crippen LogP contribution in [0.4, 0.5) is 10.5 Å². The van der Waals surface area contributed by atoms with Crippen LogP contribution in [0.3, 0.4) is 0 Å². The molecule has 0 saturated heterocycles. The maximum absolute atomic E-state index is 10.1. The van der Waals surface area contributed by atoms with Gasteiger partial charge in [-0.05, 0) is 11.6 Å². The number of hydrogen-bond acceptors (Lipinski definition) is 3. The van der Waals surface area contributed by atoms with E-state index in [1.807, 2.05) is 0 Å². The molecule has 0 saturated carbocycles. The lowest BCUT2D eigenvalue weighted by Gasteiger charge is -1.95. The van der Waals surface area contributed by atoms with Crippen LogP contribution in [0, 0.1) is 0 Å². The molecule has 0 unspecified atom stereocenters. The summed E-state index contributed by atoms with van der Waals surface area (Å²) in [6.45, 7) is 0.268. The van der Waals surface area contributed by atoms with E-state index >= 15 is 0 Å². The van der Waals surface area contributed by atoms with Gasteiger partial charge in [-0.1, -0.05) is 12.2 Å². The molecule has 74 valence electrons. The lowest BCUT2D eigenvalue weighted by Crippen LogP contribution is -2.20. The van der Waals surface area contributed by atoms with Crippen molar-refractivity contribution in [1.82, 2.24) is 10.3 Å². The minimum atomic E-state index is -1.04. The zero-order valence-corrected chi connectivity index (χ0v) is 7.47. The molecule has 1 aromatic rings. The van der Waals surface area contributed by atoms with Crippen molar-refractivity contribution in [3.8, 4) is 0 Å². The van der Waals surface area contributed by atoms with Crippen LogP contribution in [0.1, 0.15) is 5.56 Å². The van der Waals surface area contributed by atoms with Gasteiger partial charge in [-0.2, -0.15) is 0 Å². The highest BCUT2D eigenvalue weighted by molar-refractivity contribution is 5.65. The van der Waals surface area contributed by atoms with Crippen LogP contribution in [0.5, 0.6) is 0 Å². The van der Waals surface area contributed by atoms with Crippen LogP contribution >= 0.6 is 0 Å². The van der Waals surface area contributed by atoms with E-state index in [-0.39, 0.29) is 6.54 Å². The van der Waals surface area contributed by atoms with Crippen LogP contribution in [0.2, 0.25) is 0 Å². The van der Waals surface area contributed by atoms with Gasteiger partial charge in [0, 0.05) is 18.9 Å². The summed E-state index contributed by atoms with van der Waals surface area (Å²) in [5.74, 6) is 0. The number of amides is 1. The van der Waals surface area contributed by atoms with Gasteiger partial charge in [0.25, 0.3) is 0 Å². The van der Waals surface area contributed by atoms with Gasteiger partial charge in [0.05, 0.1) is 5.69 Å². The fraction of sp³-hybridized carbons (Fsp3) is 0.111. The summed E-state index contributed by atoms with van der Waals surface area (Å²) in [5.41, 5.74) is 6.93. The molecule has 0 aromatic carbocycles. The van der Waals surface area contributed by atoms with E-state index in [1.165, 1.54) is 0 Å². The highest BCUT2D eigenvalue weighted by Crippen LogP contribution is 2.04. The first-order valence-corrected chi connectivity index (χ1v) is 4.02. The van der Waals surface area contributed by atoms with Gasteiger partial charge in [-0.15, -0.1) is 0 Å². The van der Waals surface area contributed by atoms with Crippen molar-refractivity contribution < 1.29 is 9.90 Å². The minimum Gasteiger partial charge on any atom is -0.465 e. The van der Waals surface area contributed by atoms with Crippen molar-refractivity contribution in [3.63, 3.8) is 0 Å². The number of anilines is 1. The standard InChI is InChI=1S/C9H11N3O2/c10-8-4-7(5-11-6-8)2-1-3-12-9(13)14/h1-2,4-6,12H,3,10H2,(H,13,14). The summed E-state index contributed by atoms with van der Waals surface area (Å²) >= 11 is 0. The zero-order valence-electron chi connectivity index (χ0n) is 7.47. The number of nitrogens with one attached hydrogen (secondary N) is 1. The molecule has 0 atom stereocenters. The molecule has 5 nitrogen and oxygen atoms in total. The van der Waals surface area contributed by atoms with Crippen LogP contribution in [0.15, 0.2) is 24.5 Å². The molecule has 5 heteroatoms. The second-order valence-corrected chi connectivity index (χ2v) is 2.64. The first-order chi connectivity index (χ1) is 6.68. The Morgan fingerprint density at radius 1 is 1.64 bits per heavy atom. The van der Waals surface area contributed by atoms with Gasteiger partial charge in [0.15, 0.2) is 0 Å². The van der Waals surface area contributed by atoms with E-state index in [4.69, 9.17) is 10.8 Å². The highest BCUT2D eigenvalue weighted by Gasteiger charge is 1.90. The van der Waals surface area contributed by atoms with Crippen LogP contribution in [-0.4, -0.2) is 22.7 Å². The normalized spacial score (nSPS) is 10.3. The van der Waals surface area contributed by atoms with Gasteiger partial charge >= 0.3 is 6.09 Å². The molecular weight excluding hydrogens is 182 g/mol. The molecule has 4 N–H and O–H groups in total. The molecule has 1 aromatic heterocycles. The Balaban J connectivity index is 2.47. The van der Waals surface area contributed by atoms with Gasteiger partial charge in [-0.3, -0.25) is 4.98 Å². The van der Waals surface area contributed by atoms with Crippen LogP contribution in [0.25, 0.3) is 6.08 Å². The smallest absolute Gasteiger partial charge is 0.404 e. The van der Waals surface area contributed by atoms with E-state index in [9.17, 15) is 4.79 Å². The molecule has 0 spiro atoms. The van der Waals surface area contributed by atoms with E-state index in [0.717, 1.165) is 5.56 Å². The van der Waals surface area contributed by atoms with Crippen molar-refractivity contribution in [3.05, 3.63) is 30.1 Å². The predicted molar refractivity (Wildman–Crippen MR) is 53.7 cm³/mol. The minimum absolute atomic E-state index is 0.268. The SMILES string of the molecule is Nc1cncc(C=CCNC(=O)O)c1. The third-order valence-corrected chi connectivity index (χ3v) is 1.46. The summed E-state index contributed by atoms with van der Waals surface area (Å²) in [7, 11) is 0. The quantitative estimate of drug-likeness (QED) is 0.666. The van der Waals surface area contributed by atoms with Crippen molar-refractivity contribution in [2.45, 2.75) is 0 Å². The Kier molecular flexibility index (Phi) is 3.49. The molecular formula is C9H11N3O2. The van der Waals surface area contributed by atoms with E-state index in [1.54, 1.807) is 30.6 Å². The van der Waals surface area contributed by atoms with E-state index in [0.29, 0.717) is 5.69 Å². The van der Waals surface area contributed by atoms with Crippen molar-refractivity contribution in [2.24, 2.45) is 0 Å². The number of carboxylic acid groups (broad SMARTS) is 1. The highest BCUT2D eigenvalue weighted by atomic mass is 16.4. The molecule has 0 fully saturated rings. The first-order valence-electron chi connectivity index (χ1n) is 4.02. The molecule has 0 bridgehead atoms. The molecule has 0 aliphatic rings. The van der Waals surface area contributed by atoms with Gasteiger partial charge in [0.2, 0.25) is 0 Å². The Bertz CT molecular complexity index is 350. The summed E-state index contributed by atoms with van der Waals surface area (Å²) in [4.78, 5) is 14.0.